The lowest BCUT2D eigenvalue weighted by atomic mass is 9.99. The number of carboxylic acids is 1. The highest BCUT2D eigenvalue weighted by Gasteiger charge is 2.24. The summed E-state index contributed by atoms with van der Waals surface area (Å²) in [5.41, 5.74) is 0.834. The quantitative estimate of drug-likeness (QED) is 0.628. The van der Waals surface area contributed by atoms with Crippen molar-refractivity contribution in [3.05, 3.63) is 41.7 Å². The zero-order valence-corrected chi connectivity index (χ0v) is 16.0. The second kappa shape index (κ2) is 10.1. The number of carboxylic acid groups (broad SMARTS) is 1. The molecule has 1 aromatic heterocycles. The van der Waals surface area contributed by atoms with Crippen molar-refractivity contribution in [1.82, 2.24) is 15.3 Å². The molecule has 28 heavy (non-hydrogen) atoms. The summed E-state index contributed by atoms with van der Waals surface area (Å²) < 4.78 is 15.5. The fourth-order valence-electron chi connectivity index (χ4n) is 2.58. The number of amides is 1. The van der Waals surface area contributed by atoms with E-state index in [1.54, 1.807) is 24.3 Å². The summed E-state index contributed by atoms with van der Waals surface area (Å²) in [5.74, 6) is -1.60. The molecule has 2 aromatic rings. The Hall–Kier alpha value is -3.36. The molecular weight excluding hydrogens is 366 g/mol. The molecule has 9 nitrogen and oxygen atoms in total. The van der Waals surface area contributed by atoms with Crippen LogP contribution in [0, 0.1) is 5.92 Å². The van der Waals surface area contributed by atoms with Gasteiger partial charge >= 0.3 is 5.97 Å². The molecule has 0 bridgehead atoms. The third-order valence-electron chi connectivity index (χ3n) is 3.97. The smallest absolute Gasteiger partial charge is 0.308 e. The van der Waals surface area contributed by atoms with E-state index >= 15 is 0 Å². The van der Waals surface area contributed by atoms with E-state index in [4.69, 9.17) is 14.2 Å². The normalized spacial score (nSPS) is 11.4. The first-order valence-electron chi connectivity index (χ1n) is 8.65. The minimum Gasteiger partial charge on any atom is -0.494 e. The van der Waals surface area contributed by atoms with Gasteiger partial charge < -0.3 is 24.6 Å². The second-order valence-electron chi connectivity index (χ2n) is 5.79. The van der Waals surface area contributed by atoms with Crippen molar-refractivity contribution in [3.8, 4) is 17.5 Å². The molecule has 0 spiro atoms. The topological polar surface area (TPSA) is 120 Å². The van der Waals surface area contributed by atoms with Crippen LogP contribution in [0.2, 0.25) is 0 Å². The average molecular weight is 389 g/mol. The van der Waals surface area contributed by atoms with Crippen molar-refractivity contribution in [2.24, 2.45) is 5.92 Å². The Kier molecular flexibility index (Phi) is 7.55. The first-order chi connectivity index (χ1) is 13.5. The lowest BCUT2D eigenvalue weighted by molar-refractivity contribution is -0.141. The van der Waals surface area contributed by atoms with Crippen LogP contribution in [0.15, 0.2) is 30.6 Å². The molecule has 0 saturated carbocycles. The molecule has 1 amide bonds. The lowest BCUT2D eigenvalue weighted by Crippen LogP contribution is -2.34. The number of ether oxygens (including phenoxy) is 3. The van der Waals surface area contributed by atoms with Crippen LogP contribution in [0.1, 0.15) is 22.8 Å². The Morgan fingerprint density at radius 3 is 2.21 bits per heavy atom. The van der Waals surface area contributed by atoms with Crippen LogP contribution >= 0.6 is 0 Å². The number of aromatic nitrogens is 2. The first-order valence-corrected chi connectivity index (χ1v) is 8.65. The summed E-state index contributed by atoms with van der Waals surface area (Å²) in [6.07, 6.45) is 1.46. The molecule has 1 atom stereocenters. The van der Waals surface area contributed by atoms with E-state index in [0.717, 1.165) is 11.3 Å². The molecule has 0 fully saturated rings. The van der Waals surface area contributed by atoms with E-state index in [0.29, 0.717) is 6.61 Å². The second-order valence-corrected chi connectivity index (χ2v) is 5.79. The lowest BCUT2D eigenvalue weighted by Gasteiger charge is -2.15. The number of aliphatic carboxylic acids is 1. The summed E-state index contributed by atoms with van der Waals surface area (Å²) in [6.45, 7) is 2.36. The Balaban J connectivity index is 2.07. The monoisotopic (exact) mass is 389 g/mol. The summed E-state index contributed by atoms with van der Waals surface area (Å²) in [4.78, 5) is 31.9. The van der Waals surface area contributed by atoms with Crippen LogP contribution in [0.5, 0.6) is 17.5 Å². The summed E-state index contributed by atoms with van der Waals surface area (Å²) in [6, 6.07) is 7.18. The van der Waals surface area contributed by atoms with Crippen LogP contribution in [-0.4, -0.2) is 54.3 Å². The summed E-state index contributed by atoms with van der Waals surface area (Å²) in [5, 5.41) is 12.1. The van der Waals surface area contributed by atoms with Crippen molar-refractivity contribution in [2.75, 3.05) is 27.4 Å². The fraction of sp³-hybridized carbons (Fsp3) is 0.368. The highest BCUT2D eigenvalue weighted by atomic mass is 16.5. The predicted molar refractivity (Wildman–Crippen MR) is 99.9 cm³/mol. The number of carbonyl (C=O) groups is 2. The Bertz CT molecular complexity index is 788. The van der Waals surface area contributed by atoms with Gasteiger partial charge in [-0.1, -0.05) is 12.1 Å². The van der Waals surface area contributed by atoms with Crippen LogP contribution < -0.4 is 19.5 Å². The van der Waals surface area contributed by atoms with Crippen LogP contribution in [-0.2, 0) is 11.2 Å². The molecule has 1 heterocycles. The molecule has 9 heteroatoms. The van der Waals surface area contributed by atoms with Gasteiger partial charge in [-0.15, -0.1) is 0 Å². The zero-order chi connectivity index (χ0) is 20.5. The van der Waals surface area contributed by atoms with E-state index in [9.17, 15) is 14.7 Å². The number of nitrogens with one attached hydrogen (secondary N) is 1. The number of hydrogen-bond donors (Lipinski definition) is 2. The van der Waals surface area contributed by atoms with E-state index in [2.05, 4.69) is 15.3 Å². The largest absolute Gasteiger partial charge is 0.494 e. The van der Waals surface area contributed by atoms with Gasteiger partial charge in [0.1, 0.15) is 12.1 Å². The zero-order valence-electron chi connectivity index (χ0n) is 16.0. The maximum atomic E-state index is 12.5. The van der Waals surface area contributed by atoms with Crippen molar-refractivity contribution >= 4 is 11.9 Å². The summed E-state index contributed by atoms with van der Waals surface area (Å²) in [7, 11) is 2.73. The summed E-state index contributed by atoms with van der Waals surface area (Å²) >= 11 is 0. The molecule has 0 aliphatic rings. The number of hydrogen-bond acceptors (Lipinski definition) is 7. The van der Waals surface area contributed by atoms with E-state index in [-0.39, 0.29) is 30.3 Å². The van der Waals surface area contributed by atoms with E-state index < -0.39 is 17.8 Å². The van der Waals surface area contributed by atoms with Crippen molar-refractivity contribution in [3.63, 3.8) is 0 Å². The predicted octanol–water partition coefficient (Wildman–Crippen LogP) is 1.57. The molecule has 0 radical (unpaired) electrons. The minimum atomic E-state index is -1.02. The minimum absolute atomic E-state index is 0.0118. The average Bonchev–Trinajstić information content (AvgIpc) is 2.71. The SMILES string of the molecule is CCOc1ccc(CC(CNC(=O)c2c(OC)ncnc2OC)C(=O)O)cc1. The van der Waals surface area contributed by atoms with Gasteiger partial charge in [0.15, 0.2) is 5.56 Å². The molecule has 2 N–H and O–H groups in total. The number of benzene rings is 1. The standard InChI is InChI=1S/C19H23N3O6/c1-4-28-14-7-5-12(6-8-14)9-13(19(24)25)10-20-16(23)15-17(26-2)21-11-22-18(15)27-3/h5-8,11,13H,4,9-10H2,1-3H3,(H,20,23)(H,24,25). The van der Waals surface area contributed by atoms with Crippen molar-refractivity contribution in [1.29, 1.82) is 0 Å². The Labute approximate surface area is 162 Å². The van der Waals surface area contributed by atoms with Gasteiger partial charge in [-0.25, -0.2) is 9.97 Å². The Morgan fingerprint density at radius 2 is 1.71 bits per heavy atom. The third kappa shape index (κ3) is 5.32. The molecule has 0 aliphatic carbocycles. The molecule has 0 aliphatic heterocycles. The van der Waals surface area contributed by atoms with Crippen LogP contribution in [0.4, 0.5) is 0 Å². The molecule has 1 unspecified atom stereocenters. The maximum Gasteiger partial charge on any atom is 0.308 e. The Morgan fingerprint density at radius 1 is 1.11 bits per heavy atom. The van der Waals surface area contributed by atoms with Gasteiger partial charge in [-0.05, 0) is 31.0 Å². The van der Waals surface area contributed by atoms with E-state index in [1.165, 1.54) is 20.5 Å². The number of nitrogens with zero attached hydrogens (tertiary/aromatic N) is 2. The van der Waals surface area contributed by atoms with Gasteiger partial charge in [0, 0.05) is 6.54 Å². The number of carbonyl (C=O) groups excluding carboxylic acids is 1. The molecule has 2 rings (SSSR count). The van der Waals surface area contributed by atoms with E-state index in [1.807, 2.05) is 6.92 Å². The molecule has 150 valence electrons. The number of rotatable bonds is 10. The van der Waals surface area contributed by atoms with Crippen LogP contribution in [0.25, 0.3) is 0 Å². The van der Waals surface area contributed by atoms with Crippen molar-refractivity contribution in [2.45, 2.75) is 13.3 Å². The highest BCUT2D eigenvalue weighted by molar-refractivity contribution is 5.98. The molecule has 1 aromatic carbocycles. The number of methoxy groups -OCH3 is 2. The third-order valence-corrected chi connectivity index (χ3v) is 3.97. The highest BCUT2D eigenvalue weighted by Crippen LogP contribution is 2.23. The first kappa shape index (κ1) is 20.9. The van der Waals surface area contributed by atoms with Gasteiger partial charge in [-0.2, -0.15) is 0 Å². The van der Waals surface area contributed by atoms with Gasteiger partial charge in [0.25, 0.3) is 5.91 Å². The van der Waals surface area contributed by atoms with Gasteiger partial charge in [0.05, 0.1) is 26.7 Å². The van der Waals surface area contributed by atoms with Gasteiger partial charge in [-0.3, -0.25) is 9.59 Å². The maximum absolute atomic E-state index is 12.5. The molecule has 0 saturated heterocycles. The van der Waals surface area contributed by atoms with Crippen LogP contribution in [0.3, 0.4) is 0 Å². The van der Waals surface area contributed by atoms with Crippen molar-refractivity contribution < 1.29 is 28.9 Å². The molecular formula is C19H23N3O6. The van der Waals surface area contributed by atoms with Gasteiger partial charge in [0.2, 0.25) is 11.8 Å². The fourth-order valence-corrected chi connectivity index (χ4v) is 2.58.